The van der Waals surface area contributed by atoms with Gasteiger partial charge in [-0.15, -0.1) is 11.3 Å². The lowest BCUT2D eigenvalue weighted by Crippen LogP contribution is -2.41. The second-order valence-electron chi connectivity index (χ2n) is 7.79. The first-order chi connectivity index (χ1) is 16.0. The Balaban J connectivity index is 1.26. The molecule has 172 valence electrons. The summed E-state index contributed by atoms with van der Waals surface area (Å²) < 4.78 is 5.69. The summed E-state index contributed by atoms with van der Waals surface area (Å²) >= 11 is 7.32. The van der Waals surface area contributed by atoms with Crippen molar-refractivity contribution in [2.75, 3.05) is 23.3 Å². The van der Waals surface area contributed by atoms with Gasteiger partial charge in [0, 0.05) is 23.5 Å². The van der Waals surface area contributed by atoms with Gasteiger partial charge in [0.2, 0.25) is 11.8 Å². The molecule has 8 nitrogen and oxygen atoms in total. The first kappa shape index (κ1) is 23.0. The number of rotatable bonds is 8. The number of anilines is 2. The highest BCUT2D eigenvalue weighted by molar-refractivity contribution is 7.09. The standard InChI is InChI=1S/C23H24ClN5O3S/c24-16-3-6-19(7-4-16)32-13-22-28-18(14-33-22)10-21(30)27-17-5-8-20(26-11-17)29-9-1-2-15(12-29)23(25)31/h3-8,11,14-15H,1-2,9-10,12-13H2,(H2,25,31)(H,27,30). The van der Waals surface area contributed by atoms with Crippen molar-refractivity contribution in [3.8, 4) is 5.75 Å². The average molecular weight is 486 g/mol. The second kappa shape index (κ2) is 10.6. The Labute approximate surface area is 200 Å². The summed E-state index contributed by atoms with van der Waals surface area (Å²) in [7, 11) is 0. The Bertz CT molecular complexity index is 1100. The number of piperidine rings is 1. The number of nitrogens with two attached hydrogens (primary N) is 1. The molecule has 10 heteroatoms. The molecule has 1 fully saturated rings. The van der Waals surface area contributed by atoms with Gasteiger partial charge in [-0.05, 0) is 49.2 Å². The van der Waals surface area contributed by atoms with Gasteiger partial charge >= 0.3 is 0 Å². The van der Waals surface area contributed by atoms with E-state index in [1.807, 2.05) is 16.3 Å². The highest BCUT2D eigenvalue weighted by Crippen LogP contribution is 2.23. The molecule has 3 N–H and O–H groups in total. The summed E-state index contributed by atoms with van der Waals surface area (Å²) in [6.45, 7) is 1.73. The van der Waals surface area contributed by atoms with Crippen LogP contribution in [-0.4, -0.2) is 34.9 Å². The number of nitrogens with one attached hydrogen (secondary N) is 1. The van der Waals surface area contributed by atoms with E-state index in [-0.39, 0.29) is 24.2 Å². The van der Waals surface area contributed by atoms with Gasteiger partial charge < -0.3 is 20.7 Å². The third-order valence-corrected chi connectivity index (χ3v) is 6.42. The van der Waals surface area contributed by atoms with E-state index in [4.69, 9.17) is 22.1 Å². The van der Waals surface area contributed by atoms with Crippen LogP contribution >= 0.6 is 22.9 Å². The van der Waals surface area contributed by atoms with Crippen LogP contribution < -0.4 is 20.7 Å². The number of primary amides is 1. The number of carbonyl (C=O) groups is 2. The van der Waals surface area contributed by atoms with Crippen molar-refractivity contribution in [2.24, 2.45) is 11.7 Å². The van der Waals surface area contributed by atoms with E-state index >= 15 is 0 Å². The van der Waals surface area contributed by atoms with E-state index in [9.17, 15) is 9.59 Å². The molecule has 33 heavy (non-hydrogen) atoms. The first-order valence-corrected chi connectivity index (χ1v) is 11.8. The molecule has 1 saturated heterocycles. The molecule has 0 spiro atoms. The third-order valence-electron chi connectivity index (χ3n) is 5.30. The maximum absolute atomic E-state index is 12.4. The quantitative estimate of drug-likeness (QED) is 0.504. The second-order valence-corrected chi connectivity index (χ2v) is 9.17. The lowest BCUT2D eigenvalue weighted by Gasteiger charge is -2.32. The van der Waals surface area contributed by atoms with Gasteiger partial charge in [-0.2, -0.15) is 0 Å². The Morgan fingerprint density at radius 2 is 2.06 bits per heavy atom. The minimum atomic E-state index is -0.273. The van der Waals surface area contributed by atoms with Crippen molar-refractivity contribution in [3.05, 3.63) is 63.7 Å². The summed E-state index contributed by atoms with van der Waals surface area (Å²) in [6, 6.07) is 10.8. The fourth-order valence-corrected chi connectivity index (χ4v) is 4.44. The third kappa shape index (κ3) is 6.43. The summed E-state index contributed by atoms with van der Waals surface area (Å²) in [5, 5.41) is 6.14. The van der Waals surface area contributed by atoms with Crippen molar-refractivity contribution in [2.45, 2.75) is 25.9 Å². The molecule has 2 amide bonds. The van der Waals surface area contributed by atoms with Crippen LogP contribution in [-0.2, 0) is 22.6 Å². The number of halogens is 1. The molecule has 0 bridgehead atoms. The molecule has 1 unspecified atom stereocenters. The average Bonchev–Trinajstić information content (AvgIpc) is 3.26. The largest absolute Gasteiger partial charge is 0.486 e. The Hall–Kier alpha value is -3.17. The lowest BCUT2D eigenvalue weighted by atomic mass is 9.97. The number of hydrogen-bond acceptors (Lipinski definition) is 7. The molecular weight excluding hydrogens is 462 g/mol. The minimum Gasteiger partial charge on any atom is -0.486 e. The van der Waals surface area contributed by atoms with E-state index in [2.05, 4.69) is 15.3 Å². The van der Waals surface area contributed by atoms with Crippen LogP contribution in [0.25, 0.3) is 0 Å². The smallest absolute Gasteiger partial charge is 0.230 e. The molecule has 0 aliphatic carbocycles. The zero-order valence-electron chi connectivity index (χ0n) is 17.9. The molecule has 3 aromatic rings. The number of ether oxygens (including phenoxy) is 1. The van der Waals surface area contributed by atoms with Gasteiger partial charge in [0.15, 0.2) is 0 Å². The van der Waals surface area contributed by atoms with Crippen molar-refractivity contribution in [1.29, 1.82) is 0 Å². The van der Waals surface area contributed by atoms with Crippen LogP contribution in [0.1, 0.15) is 23.5 Å². The topological polar surface area (TPSA) is 110 Å². The fourth-order valence-electron chi connectivity index (χ4n) is 3.61. The van der Waals surface area contributed by atoms with Crippen LogP contribution in [0.3, 0.4) is 0 Å². The number of carbonyl (C=O) groups excluding carboxylic acids is 2. The highest BCUT2D eigenvalue weighted by atomic mass is 35.5. The molecule has 0 radical (unpaired) electrons. The predicted octanol–water partition coefficient (Wildman–Crippen LogP) is 3.65. The lowest BCUT2D eigenvalue weighted by molar-refractivity contribution is -0.122. The molecule has 1 aromatic carbocycles. The van der Waals surface area contributed by atoms with Crippen LogP contribution in [0.4, 0.5) is 11.5 Å². The summed E-state index contributed by atoms with van der Waals surface area (Å²) in [5.74, 6) is 0.875. The van der Waals surface area contributed by atoms with Gasteiger partial charge in [0.1, 0.15) is 23.2 Å². The normalized spacial score (nSPS) is 15.8. The highest BCUT2D eigenvalue weighted by Gasteiger charge is 2.24. The molecule has 3 heterocycles. The summed E-state index contributed by atoms with van der Waals surface area (Å²) in [4.78, 5) is 34.9. The number of benzene rings is 1. The fraction of sp³-hybridized carbons (Fsp3) is 0.304. The first-order valence-electron chi connectivity index (χ1n) is 10.6. The molecule has 4 rings (SSSR count). The SMILES string of the molecule is NC(=O)C1CCCN(c2ccc(NC(=O)Cc3csc(COc4ccc(Cl)cc4)n3)cn2)C1. The maximum atomic E-state index is 12.4. The van der Waals surface area contributed by atoms with Crippen LogP contribution in [0.2, 0.25) is 5.02 Å². The Morgan fingerprint density at radius 3 is 2.79 bits per heavy atom. The van der Waals surface area contributed by atoms with Gasteiger partial charge in [-0.1, -0.05) is 11.6 Å². The minimum absolute atomic E-state index is 0.153. The van der Waals surface area contributed by atoms with Crippen molar-refractivity contribution in [1.82, 2.24) is 9.97 Å². The van der Waals surface area contributed by atoms with E-state index in [0.717, 1.165) is 30.2 Å². The molecule has 0 saturated carbocycles. The van der Waals surface area contributed by atoms with Gasteiger partial charge in [0.05, 0.1) is 29.9 Å². The molecular formula is C23H24ClN5O3S. The monoisotopic (exact) mass is 485 g/mol. The zero-order chi connectivity index (χ0) is 23.2. The summed E-state index contributed by atoms with van der Waals surface area (Å²) in [6.07, 6.45) is 3.48. The predicted molar refractivity (Wildman–Crippen MR) is 129 cm³/mol. The zero-order valence-corrected chi connectivity index (χ0v) is 19.4. The van der Waals surface area contributed by atoms with Crippen molar-refractivity contribution < 1.29 is 14.3 Å². The van der Waals surface area contributed by atoms with Crippen LogP contribution in [0.15, 0.2) is 48.0 Å². The van der Waals surface area contributed by atoms with Crippen molar-refractivity contribution in [3.63, 3.8) is 0 Å². The van der Waals surface area contributed by atoms with Gasteiger partial charge in [-0.3, -0.25) is 9.59 Å². The molecule has 1 aliphatic heterocycles. The molecule has 1 atom stereocenters. The molecule has 1 aliphatic rings. The van der Waals surface area contributed by atoms with Gasteiger partial charge in [-0.25, -0.2) is 9.97 Å². The maximum Gasteiger partial charge on any atom is 0.230 e. The molecule has 2 aromatic heterocycles. The summed E-state index contributed by atoms with van der Waals surface area (Å²) in [5.41, 5.74) is 6.74. The van der Waals surface area contributed by atoms with E-state index in [1.165, 1.54) is 11.3 Å². The van der Waals surface area contributed by atoms with E-state index in [0.29, 0.717) is 35.3 Å². The number of hydrogen-bond donors (Lipinski definition) is 2. The van der Waals surface area contributed by atoms with Crippen LogP contribution in [0.5, 0.6) is 5.75 Å². The Kier molecular flexibility index (Phi) is 7.41. The number of thiazole rings is 1. The number of amides is 2. The number of nitrogens with zero attached hydrogens (tertiary/aromatic N) is 3. The van der Waals surface area contributed by atoms with E-state index < -0.39 is 0 Å². The van der Waals surface area contributed by atoms with Crippen molar-refractivity contribution >= 4 is 46.3 Å². The van der Waals surface area contributed by atoms with E-state index in [1.54, 1.807) is 36.5 Å². The van der Waals surface area contributed by atoms with Gasteiger partial charge in [0.25, 0.3) is 0 Å². The Morgan fingerprint density at radius 1 is 1.24 bits per heavy atom. The number of aromatic nitrogens is 2. The van der Waals surface area contributed by atoms with Crippen LogP contribution in [0, 0.1) is 5.92 Å². The number of pyridine rings is 1.